The molecule has 2 rings (SSSR count). The minimum Gasteiger partial charge on any atom is -0.301 e. The maximum Gasteiger partial charge on any atom is 0.241 e. The van der Waals surface area contributed by atoms with Crippen LogP contribution < -0.4 is 5.32 Å². The van der Waals surface area contributed by atoms with E-state index in [2.05, 4.69) is 29.4 Å². The number of halogens is 1. The van der Waals surface area contributed by atoms with Crippen LogP contribution in [0.5, 0.6) is 0 Å². The molecule has 1 N–H and O–H groups in total. The molecule has 0 saturated carbocycles. The molecular weight excluding hydrogens is 268 g/mol. The highest BCUT2D eigenvalue weighted by molar-refractivity contribution is 7.22. The SMILES string of the molecule is CCCCc1ccc2nc(NC(=O)CCl)sc2c1. The van der Waals surface area contributed by atoms with Gasteiger partial charge in [0.05, 0.1) is 10.2 Å². The minimum atomic E-state index is -0.220. The monoisotopic (exact) mass is 282 g/mol. The minimum absolute atomic E-state index is 0.0440. The van der Waals surface area contributed by atoms with Gasteiger partial charge in [-0.05, 0) is 30.5 Å². The number of fused-ring (bicyclic) bond motifs is 1. The van der Waals surface area contributed by atoms with Crippen molar-refractivity contribution < 1.29 is 4.79 Å². The van der Waals surface area contributed by atoms with Crippen LogP contribution in [0.2, 0.25) is 0 Å². The first kappa shape index (κ1) is 13.3. The van der Waals surface area contributed by atoms with E-state index in [1.165, 1.54) is 29.7 Å². The molecule has 0 aliphatic heterocycles. The highest BCUT2D eigenvalue weighted by atomic mass is 35.5. The average molecular weight is 283 g/mol. The lowest BCUT2D eigenvalue weighted by molar-refractivity contribution is -0.113. The van der Waals surface area contributed by atoms with Crippen molar-refractivity contribution >= 4 is 44.2 Å². The number of benzene rings is 1. The fourth-order valence-corrected chi connectivity index (χ4v) is 2.72. The van der Waals surface area contributed by atoms with Crippen LogP contribution in [-0.4, -0.2) is 16.8 Å². The molecule has 3 nitrogen and oxygen atoms in total. The number of rotatable bonds is 5. The number of carbonyl (C=O) groups excluding carboxylic acids is 1. The van der Waals surface area contributed by atoms with Crippen LogP contribution in [0.25, 0.3) is 10.2 Å². The number of thiazole rings is 1. The highest BCUT2D eigenvalue weighted by Gasteiger charge is 2.07. The molecule has 0 spiro atoms. The number of nitrogens with one attached hydrogen (secondary N) is 1. The first-order valence-corrected chi connectivity index (χ1v) is 7.33. The van der Waals surface area contributed by atoms with E-state index in [4.69, 9.17) is 11.6 Å². The summed E-state index contributed by atoms with van der Waals surface area (Å²) in [6.45, 7) is 2.19. The van der Waals surface area contributed by atoms with Gasteiger partial charge in [0.2, 0.25) is 5.91 Å². The van der Waals surface area contributed by atoms with Gasteiger partial charge in [0.15, 0.2) is 5.13 Å². The molecule has 18 heavy (non-hydrogen) atoms. The Labute approximate surface area is 115 Å². The molecule has 1 amide bonds. The summed E-state index contributed by atoms with van der Waals surface area (Å²) in [7, 11) is 0. The highest BCUT2D eigenvalue weighted by Crippen LogP contribution is 2.27. The number of hydrogen-bond donors (Lipinski definition) is 1. The Morgan fingerprint density at radius 1 is 1.50 bits per heavy atom. The Kier molecular flexibility index (Phi) is 4.55. The van der Waals surface area contributed by atoms with Crippen LogP contribution in [0.15, 0.2) is 18.2 Å². The van der Waals surface area contributed by atoms with Crippen molar-refractivity contribution in [3.05, 3.63) is 23.8 Å². The maximum atomic E-state index is 11.2. The third kappa shape index (κ3) is 3.21. The molecule has 1 heterocycles. The third-order valence-corrected chi connectivity index (χ3v) is 3.82. The Morgan fingerprint density at radius 2 is 2.33 bits per heavy atom. The molecule has 0 radical (unpaired) electrons. The van der Waals surface area contributed by atoms with Gasteiger partial charge in [0.25, 0.3) is 0 Å². The number of amides is 1. The Hall–Kier alpha value is -1.13. The molecule has 0 aliphatic carbocycles. The van der Waals surface area contributed by atoms with Crippen molar-refractivity contribution in [3.8, 4) is 0 Å². The second-order valence-electron chi connectivity index (χ2n) is 4.11. The van der Waals surface area contributed by atoms with E-state index in [0.29, 0.717) is 5.13 Å². The molecule has 0 fully saturated rings. The number of nitrogens with zero attached hydrogens (tertiary/aromatic N) is 1. The smallest absolute Gasteiger partial charge is 0.241 e. The van der Waals surface area contributed by atoms with Gasteiger partial charge in [-0.15, -0.1) is 11.6 Å². The van der Waals surface area contributed by atoms with E-state index in [0.717, 1.165) is 16.6 Å². The maximum absolute atomic E-state index is 11.2. The summed E-state index contributed by atoms with van der Waals surface area (Å²) in [5.74, 6) is -0.264. The quantitative estimate of drug-likeness (QED) is 0.847. The number of aromatic nitrogens is 1. The van der Waals surface area contributed by atoms with Crippen molar-refractivity contribution in [2.45, 2.75) is 26.2 Å². The Bertz CT molecular complexity index is 553. The van der Waals surface area contributed by atoms with Crippen molar-refractivity contribution in [3.63, 3.8) is 0 Å². The van der Waals surface area contributed by atoms with E-state index < -0.39 is 0 Å². The Morgan fingerprint density at radius 3 is 3.06 bits per heavy atom. The van der Waals surface area contributed by atoms with Crippen molar-refractivity contribution in [1.82, 2.24) is 4.98 Å². The van der Waals surface area contributed by atoms with Gasteiger partial charge in [-0.2, -0.15) is 0 Å². The molecular formula is C13H15ClN2OS. The van der Waals surface area contributed by atoms with Crippen LogP contribution in [0.3, 0.4) is 0 Å². The standard InChI is InChI=1S/C13H15ClN2OS/c1-2-3-4-9-5-6-10-11(7-9)18-13(15-10)16-12(17)8-14/h5-7H,2-4,8H2,1H3,(H,15,16,17). The van der Waals surface area contributed by atoms with Crippen LogP contribution in [0.1, 0.15) is 25.3 Å². The summed E-state index contributed by atoms with van der Waals surface area (Å²) < 4.78 is 1.11. The van der Waals surface area contributed by atoms with Crippen molar-refractivity contribution in [2.75, 3.05) is 11.2 Å². The van der Waals surface area contributed by atoms with Crippen LogP contribution >= 0.6 is 22.9 Å². The molecule has 96 valence electrons. The van der Waals surface area contributed by atoms with E-state index in [9.17, 15) is 4.79 Å². The van der Waals surface area contributed by atoms with E-state index >= 15 is 0 Å². The summed E-state index contributed by atoms with van der Waals surface area (Å²) in [6.07, 6.45) is 3.48. The molecule has 1 aromatic heterocycles. The van der Waals surface area contributed by atoms with Gasteiger partial charge in [-0.3, -0.25) is 4.79 Å². The first-order valence-electron chi connectivity index (χ1n) is 5.98. The van der Waals surface area contributed by atoms with Gasteiger partial charge < -0.3 is 5.32 Å². The van der Waals surface area contributed by atoms with Crippen LogP contribution in [0.4, 0.5) is 5.13 Å². The lowest BCUT2D eigenvalue weighted by atomic mass is 10.1. The number of alkyl halides is 1. The zero-order chi connectivity index (χ0) is 13.0. The molecule has 1 aromatic carbocycles. The molecule has 0 bridgehead atoms. The van der Waals surface area contributed by atoms with E-state index in [-0.39, 0.29) is 11.8 Å². The Balaban J connectivity index is 2.19. The average Bonchev–Trinajstić information content (AvgIpc) is 2.77. The normalized spacial score (nSPS) is 10.8. The predicted molar refractivity (Wildman–Crippen MR) is 77.6 cm³/mol. The topological polar surface area (TPSA) is 42.0 Å². The fourth-order valence-electron chi connectivity index (χ4n) is 1.71. The number of anilines is 1. The van der Waals surface area contributed by atoms with Gasteiger partial charge in [0, 0.05) is 0 Å². The first-order chi connectivity index (χ1) is 8.72. The lowest BCUT2D eigenvalue weighted by Gasteiger charge is -1.98. The number of unbranched alkanes of at least 4 members (excludes halogenated alkanes) is 1. The summed E-state index contributed by atoms with van der Waals surface area (Å²) in [4.78, 5) is 15.5. The van der Waals surface area contributed by atoms with Crippen LogP contribution in [0, 0.1) is 0 Å². The fraction of sp³-hybridized carbons (Fsp3) is 0.385. The second kappa shape index (κ2) is 6.16. The van der Waals surface area contributed by atoms with E-state index in [1.54, 1.807) is 0 Å². The zero-order valence-electron chi connectivity index (χ0n) is 10.2. The summed E-state index contributed by atoms with van der Waals surface area (Å²) >= 11 is 6.93. The van der Waals surface area contributed by atoms with Crippen molar-refractivity contribution in [2.24, 2.45) is 0 Å². The van der Waals surface area contributed by atoms with Gasteiger partial charge in [-0.1, -0.05) is 30.7 Å². The summed E-state index contributed by atoms with van der Waals surface area (Å²) in [6, 6.07) is 6.26. The van der Waals surface area contributed by atoms with Gasteiger partial charge >= 0.3 is 0 Å². The molecule has 0 saturated heterocycles. The number of hydrogen-bond acceptors (Lipinski definition) is 3. The molecule has 0 atom stereocenters. The number of aryl methyl sites for hydroxylation is 1. The van der Waals surface area contributed by atoms with Crippen molar-refractivity contribution in [1.29, 1.82) is 0 Å². The van der Waals surface area contributed by atoms with Gasteiger partial charge in [-0.25, -0.2) is 4.98 Å². The molecule has 0 aliphatic rings. The molecule has 5 heteroatoms. The van der Waals surface area contributed by atoms with E-state index in [1.807, 2.05) is 6.07 Å². The molecule has 2 aromatic rings. The predicted octanol–water partition coefficient (Wildman–Crippen LogP) is 3.82. The second-order valence-corrected chi connectivity index (χ2v) is 5.40. The van der Waals surface area contributed by atoms with Crippen LogP contribution in [-0.2, 0) is 11.2 Å². The summed E-state index contributed by atoms with van der Waals surface area (Å²) in [5.41, 5.74) is 2.24. The lowest BCUT2D eigenvalue weighted by Crippen LogP contribution is -2.11. The number of carbonyl (C=O) groups is 1. The zero-order valence-corrected chi connectivity index (χ0v) is 11.8. The largest absolute Gasteiger partial charge is 0.301 e. The third-order valence-electron chi connectivity index (χ3n) is 2.64. The summed E-state index contributed by atoms with van der Waals surface area (Å²) in [5, 5.41) is 3.29. The van der Waals surface area contributed by atoms with Gasteiger partial charge in [0.1, 0.15) is 5.88 Å². The molecule has 0 unspecified atom stereocenters.